The highest BCUT2D eigenvalue weighted by molar-refractivity contribution is 7.99. The lowest BCUT2D eigenvalue weighted by molar-refractivity contribution is 0.592. The van der Waals surface area contributed by atoms with Crippen LogP contribution in [0.5, 0.6) is 0 Å². The number of rotatable bonds is 5. The Kier molecular flexibility index (Phi) is 4.31. The standard InChI is InChI=1S/C16H21NS/c1-16(2,18-3)12-17-11-14-9-6-8-13-7-4-5-10-15(13)14/h4-10,17H,11-12H2,1-3H3. The molecule has 2 aromatic rings. The predicted molar refractivity (Wildman–Crippen MR) is 83.2 cm³/mol. The fourth-order valence-corrected chi connectivity index (χ4v) is 2.26. The molecule has 0 aliphatic heterocycles. The van der Waals surface area contributed by atoms with Crippen LogP contribution in [0.15, 0.2) is 42.5 Å². The van der Waals surface area contributed by atoms with Gasteiger partial charge in [0.2, 0.25) is 0 Å². The third kappa shape index (κ3) is 3.27. The zero-order valence-corrected chi connectivity index (χ0v) is 12.2. The molecule has 0 amide bonds. The molecule has 0 aliphatic rings. The van der Waals surface area contributed by atoms with Gasteiger partial charge < -0.3 is 5.32 Å². The second-order valence-electron chi connectivity index (χ2n) is 5.21. The van der Waals surface area contributed by atoms with E-state index in [0.29, 0.717) is 4.75 Å². The average Bonchev–Trinajstić information content (AvgIpc) is 2.39. The first kappa shape index (κ1) is 13.4. The number of hydrogen-bond acceptors (Lipinski definition) is 2. The Morgan fingerprint density at radius 1 is 1.06 bits per heavy atom. The Hall–Kier alpha value is -0.990. The van der Waals surface area contributed by atoms with E-state index in [1.807, 2.05) is 11.8 Å². The van der Waals surface area contributed by atoms with Crippen molar-refractivity contribution < 1.29 is 0 Å². The van der Waals surface area contributed by atoms with Crippen molar-refractivity contribution in [2.45, 2.75) is 25.1 Å². The molecule has 0 heterocycles. The summed E-state index contributed by atoms with van der Waals surface area (Å²) in [7, 11) is 0. The molecule has 0 spiro atoms. The fourth-order valence-electron chi connectivity index (χ4n) is 2.02. The Bertz CT molecular complexity index is 514. The molecule has 0 atom stereocenters. The molecule has 0 saturated carbocycles. The third-order valence-corrected chi connectivity index (χ3v) is 4.55. The molecule has 2 rings (SSSR count). The van der Waals surface area contributed by atoms with Gasteiger partial charge in [0.15, 0.2) is 0 Å². The molecule has 2 heteroatoms. The highest BCUT2D eigenvalue weighted by Crippen LogP contribution is 2.21. The van der Waals surface area contributed by atoms with E-state index in [4.69, 9.17) is 0 Å². The van der Waals surface area contributed by atoms with Crippen molar-refractivity contribution in [1.82, 2.24) is 5.32 Å². The molecule has 0 radical (unpaired) electrons. The van der Waals surface area contributed by atoms with E-state index in [2.05, 4.69) is 67.9 Å². The first-order valence-electron chi connectivity index (χ1n) is 6.35. The quantitative estimate of drug-likeness (QED) is 0.868. The zero-order chi connectivity index (χ0) is 13.0. The van der Waals surface area contributed by atoms with Crippen LogP contribution in [-0.4, -0.2) is 17.5 Å². The van der Waals surface area contributed by atoms with Crippen LogP contribution in [0.25, 0.3) is 10.8 Å². The van der Waals surface area contributed by atoms with Crippen molar-refractivity contribution in [3.05, 3.63) is 48.0 Å². The van der Waals surface area contributed by atoms with Crippen LogP contribution in [0.2, 0.25) is 0 Å². The lowest BCUT2D eigenvalue weighted by Gasteiger charge is -2.22. The summed E-state index contributed by atoms with van der Waals surface area (Å²) in [5.41, 5.74) is 1.38. The minimum Gasteiger partial charge on any atom is -0.311 e. The van der Waals surface area contributed by atoms with Gasteiger partial charge in [0.05, 0.1) is 0 Å². The molecule has 1 N–H and O–H groups in total. The van der Waals surface area contributed by atoms with Crippen LogP contribution in [0.4, 0.5) is 0 Å². The summed E-state index contributed by atoms with van der Waals surface area (Å²) in [5.74, 6) is 0. The second-order valence-corrected chi connectivity index (χ2v) is 6.72. The van der Waals surface area contributed by atoms with E-state index >= 15 is 0 Å². The van der Waals surface area contributed by atoms with Crippen molar-refractivity contribution in [1.29, 1.82) is 0 Å². The Morgan fingerprint density at radius 3 is 2.56 bits per heavy atom. The lowest BCUT2D eigenvalue weighted by atomic mass is 10.0. The molecule has 0 aromatic heterocycles. The van der Waals surface area contributed by atoms with E-state index in [1.165, 1.54) is 16.3 Å². The Labute approximate surface area is 114 Å². The van der Waals surface area contributed by atoms with Crippen LogP contribution in [0.3, 0.4) is 0 Å². The minimum absolute atomic E-state index is 0.296. The number of nitrogens with one attached hydrogen (secondary N) is 1. The van der Waals surface area contributed by atoms with Crippen molar-refractivity contribution in [3.8, 4) is 0 Å². The van der Waals surface area contributed by atoms with Gasteiger partial charge in [-0.15, -0.1) is 0 Å². The summed E-state index contributed by atoms with van der Waals surface area (Å²) >= 11 is 1.90. The summed E-state index contributed by atoms with van der Waals surface area (Å²) in [6.45, 7) is 6.50. The number of benzene rings is 2. The molecule has 0 saturated heterocycles. The maximum absolute atomic E-state index is 3.56. The van der Waals surface area contributed by atoms with Gasteiger partial charge in [-0.1, -0.05) is 42.5 Å². The predicted octanol–water partition coefficient (Wildman–Crippen LogP) is 4.07. The fraction of sp³-hybridized carbons (Fsp3) is 0.375. The van der Waals surface area contributed by atoms with Crippen molar-refractivity contribution in [3.63, 3.8) is 0 Å². The first-order chi connectivity index (χ1) is 8.62. The van der Waals surface area contributed by atoms with Gasteiger partial charge in [0, 0.05) is 17.8 Å². The van der Waals surface area contributed by atoms with Crippen LogP contribution in [-0.2, 0) is 6.54 Å². The maximum atomic E-state index is 3.56. The molecule has 0 unspecified atom stereocenters. The van der Waals surface area contributed by atoms with Gasteiger partial charge in [-0.2, -0.15) is 11.8 Å². The molecule has 0 aliphatic carbocycles. The molecule has 0 bridgehead atoms. The van der Waals surface area contributed by atoms with E-state index in [0.717, 1.165) is 13.1 Å². The van der Waals surface area contributed by atoms with E-state index in [9.17, 15) is 0 Å². The van der Waals surface area contributed by atoms with E-state index in [1.54, 1.807) is 0 Å². The van der Waals surface area contributed by atoms with Gasteiger partial charge in [-0.05, 0) is 36.4 Å². The highest BCUT2D eigenvalue weighted by Gasteiger charge is 2.14. The first-order valence-corrected chi connectivity index (χ1v) is 7.57. The lowest BCUT2D eigenvalue weighted by Crippen LogP contribution is -2.31. The van der Waals surface area contributed by atoms with E-state index in [-0.39, 0.29) is 0 Å². The molecular weight excluding hydrogens is 238 g/mol. The van der Waals surface area contributed by atoms with Crippen LogP contribution >= 0.6 is 11.8 Å². The number of hydrogen-bond donors (Lipinski definition) is 1. The monoisotopic (exact) mass is 259 g/mol. The van der Waals surface area contributed by atoms with Crippen LogP contribution in [0.1, 0.15) is 19.4 Å². The smallest absolute Gasteiger partial charge is 0.0225 e. The third-order valence-electron chi connectivity index (χ3n) is 3.30. The summed E-state index contributed by atoms with van der Waals surface area (Å²) in [6.07, 6.45) is 2.17. The normalized spacial score (nSPS) is 11.9. The van der Waals surface area contributed by atoms with Crippen LogP contribution in [0, 0.1) is 0 Å². The summed E-state index contributed by atoms with van der Waals surface area (Å²) in [4.78, 5) is 0. The number of thioether (sulfide) groups is 1. The zero-order valence-electron chi connectivity index (χ0n) is 11.4. The van der Waals surface area contributed by atoms with Gasteiger partial charge in [0.25, 0.3) is 0 Å². The molecule has 2 aromatic carbocycles. The molecule has 0 fully saturated rings. The van der Waals surface area contributed by atoms with E-state index < -0.39 is 0 Å². The number of fused-ring (bicyclic) bond motifs is 1. The SMILES string of the molecule is CSC(C)(C)CNCc1cccc2ccccc12. The van der Waals surface area contributed by atoms with Gasteiger partial charge in [-0.3, -0.25) is 0 Å². The Balaban J connectivity index is 2.08. The topological polar surface area (TPSA) is 12.0 Å². The average molecular weight is 259 g/mol. The summed E-state index contributed by atoms with van der Waals surface area (Å²) in [5, 5.41) is 6.24. The van der Waals surface area contributed by atoms with Gasteiger partial charge >= 0.3 is 0 Å². The van der Waals surface area contributed by atoms with Crippen molar-refractivity contribution >= 4 is 22.5 Å². The molecule has 1 nitrogen and oxygen atoms in total. The largest absolute Gasteiger partial charge is 0.311 e. The maximum Gasteiger partial charge on any atom is 0.0225 e. The second kappa shape index (κ2) is 5.77. The highest BCUT2D eigenvalue weighted by atomic mass is 32.2. The van der Waals surface area contributed by atoms with Gasteiger partial charge in [-0.25, -0.2) is 0 Å². The summed E-state index contributed by atoms with van der Waals surface area (Å²) < 4.78 is 0.296. The Morgan fingerprint density at radius 2 is 1.78 bits per heavy atom. The van der Waals surface area contributed by atoms with Crippen molar-refractivity contribution in [2.24, 2.45) is 0 Å². The molecule has 96 valence electrons. The van der Waals surface area contributed by atoms with Crippen LogP contribution < -0.4 is 5.32 Å². The van der Waals surface area contributed by atoms with Gasteiger partial charge in [0.1, 0.15) is 0 Å². The van der Waals surface area contributed by atoms with Crippen molar-refractivity contribution in [2.75, 3.05) is 12.8 Å². The molecule has 18 heavy (non-hydrogen) atoms. The summed E-state index contributed by atoms with van der Waals surface area (Å²) in [6, 6.07) is 15.1. The molecular formula is C16H21NS. The minimum atomic E-state index is 0.296.